The van der Waals surface area contributed by atoms with Crippen molar-refractivity contribution < 1.29 is 22.7 Å². The summed E-state index contributed by atoms with van der Waals surface area (Å²) < 4.78 is 38.0. The van der Waals surface area contributed by atoms with Crippen molar-refractivity contribution in [3.63, 3.8) is 0 Å². The van der Waals surface area contributed by atoms with Crippen LogP contribution in [0.1, 0.15) is 10.4 Å². The third kappa shape index (κ3) is 4.27. The number of sulfonamides is 1. The SMILES string of the molecule is O=C(Oc1ccc(Br)cc1Cl)c1cccc(S(=O)(=O)N2CCOCC2)c1. The van der Waals surface area contributed by atoms with E-state index < -0.39 is 16.0 Å². The first-order valence-electron chi connectivity index (χ1n) is 7.73. The molecule has 2 aromatic carbocycles. The van der Waals surface area contributed by atoms with E-state index in [0.717, 1.165) is 4.47 Å². The summed E-state index contributed by atoms with van der Waals surface area (Å²) in [6, 6.07) is 10.6. The van der Waals surface area contributed by atoms with Gasteiger partial charge in [0.15, 0.2) is 0 Å². The third-order valence-corrected chi connectivity index (χ3v) is 6.46. The molecule has 0 radical (unpaired) electrons. The highest BCUT2D eigenvalue weighted by molar-refractivity contribution is 9.10. The van der Waals surface area contributed by atoms with Gasteiger partial charge in [-0.05, 0) is 36.4 Å². The average molecular weight is 461 g/mol. The van der Waals surface area contributed by atoms with Gasteiger partial charge in [-0.25, -0.2) is 13.2 Å². The van der Waals surface area contributed by atoms with Gasteiger partial charge < -0.3 is 9.47 Å². The Kier molecular flexibility index (Phi) is 5.99. The number of hydrogen-bond donors (Lipinski definition) is 0. The van der Waals surface area contributed by atoms with Crippen LogP contribution in [0.4, 0.5) is 0 Å². The fourth-order valence-corrected chi connectivity index (χ4v) is 4.60. The first-order chi connectivity index (χ1) is 12.4. The molecule has 0 amide bonds. The zero-order chi connectivity index (χ0) is 18.7. The fraction of sp³-hybridized carbons (Fsp3) is 0.235. The monoisotopic (exact) mass is 459 g/mol. The number of halogens is 2. The lowest BCUT2D eigenvalue weighted by atomic mass is 10.2. The quantitative estimate of drug-likeness (QED) is 0.517. The second kappa shape index (κ2) is 8.06. The number of nitrogens with zero attached hydrogens (tertiary/aromatic N) is 1. The van der Waals surface area contributed by atoms with Crippen LogP contribution in [-0.4, -0.2) is 45.0 Å². The van der Waals surface area contributed by atoms with Crippen molar-refractivity contribution in [3.8, 4) is 5.75 Å². The molecule has 138 valence electrons. The normalized spacial score (nSPS) is 15.6. The van der Waals surface area contributed by atoms with Crippen molar-refractivity contribution in [2.75, 3.05) is 26.3 Å². The van der Waals surface area contributed by atoms with Crippen molar-refractivity contribution in [1.29, 1.82) is 0 Å². The van der Waals surface area contributed by atoms with Crippen molar-refractivity contribution >= 4 is 43.5 Å². The molecule has 26 heavy (non-hydrogen) atoms. The number of ether oxygens (including phenoxy) is 2. The van der Waals surface area contributed by atoms with Crippen LogP contribution < -0.4 is 4.74 Å². The van der Waals surface area contributed by atoms with Crippen molar-refractivity contribution in [2.45, 2.75) is 4.90 Å². The lowest BCUT2D eigenvalue weighted by molar-refractivity contribution is 0.0727. The van der Waals surface area contributed by atoms with Gasteiger partial charge in [-0.1, -0.05) is 33.6 Å². The van der Waals surface area contributed by atoms with E-state index in [9.17, 15) is 13.2 Å². The van der Waals surface area contributed by atoms with E-state index in [0.29, 0.717) is 13.2 Å². The van der Waals surface area contributed by atoms with Gasteiger partial charge in [-0.3, -0.25) is 0 Å². The number of carbonyl (C=O) groups is 1. The molecule has 0 N–H and O–H groups in total. The Hall–Kier alpha value is -1.45. The summed E-state index contributed by atoms with van der Waals surface area (Å²) in [6.45, 7) is 1.27. The zero-order valence-corrected chi connectivity index (χ0v) is 16.7. The third-order valence-electron chi connectivity index (χ3n) is 3.77. The first kappa shape index (κ1) is 19.3. The molecule has 0 aliphatic carbocycles. The highest BCUT2D eigenvalue weighted by Crippen LogP contribution is 2.28. The van der Waals surface area contributed by atoms with E-state index in [-0.39, 0.29) is 34.3 Å². The molecule has 0 saturated carbocycles. The van der Waals surface area contributed by atoms with Gasteiger partial charge in [-0.15, -0.1) is 0 Å². The van der Waals surface area contributed by atoms with Gasteiger partial charge >= 0.3 is 5.97 Å². The maximum absolute atomic E-state index is 12.7. The molecule has 0 unspecified atom stereocenters. The molecule has 1 saturated heterocycles. The lowest BCUT2D eigenvalue weighted by Crippen LogP contribution is -2.40. The minimum Gasteiger partial charge on any atom is -0.421 e. The van der Waals surface area contributed by atoms with Crippen molar-refractivity contribution in [2.24, 2.45) is 0 Å². The van der Waals surface area contributed by atoms with E-state index in [1.807, 2.05) is 0 Å². The van der Waals surface area contributed by atoms with E-state index >= 15 is 0 Å². The van der Waals surface area contributed by atoms with E-state index in [1.165, 1.54) is 28.6 Å². The molecule has 1 heterocycles. The van der Waals surface area contributed by atoms with Gasteiger partial charge in [-0.2, -0.15) is 4.31 Å². The maximum atomic E-state index is 12.7. The van der Waals surface area contributed by atoms with E-state index in [2.05, 4.69) is 15.9 Å². The molecule has 0 aromatic heterocycles. The number of hydrogen-bond acceptors (Lipinski definition) is 5. The molecule has 0 spiro atoms. The van der Waals surface area contributed by atoms with Gasteiger partial charge in [0.1, 0.15) is 5.75 Å². The highest BCUT2D eigenvalue weighted by atomic mass is 79.9. The van der Waals surface area contributed by atoms with Gasteiger partial charge in [0, 0.05) is 17.6 Å². The minimum absolute atomic E-state index is 0.0377. The maximum Gasteiger partial charge on any atom is 0.343 e. The standard InChI is InChI=1S/C17H15BrClNO5S/c18-13-4-5-16(15(19)11-13)25-17(21)12-2-1-3-14(10-12)26(22,23)20-6-8-24-9-7-20/h1-5,10-11H,6-9H2. The second-order valence-electron chi connectivity index (χ2n) is 5.51. The molecule has 0 bridgehead atoms. The Labute approximate surface area is 164 Å². The summed E-state index contributed by atoms with van der Waals surface area (Å²) >= 11 is 9.32. The van der Waals surface area contributed by atoms with Crippen LogP contribution in [0.15, 0.2) is 51.8 Å². The largest absolute Gasteiger partial charge is 0.421 e. The van der Waals surface area contributed by atoms with Crippen LogP contribution in [0, 0.1) is 0 Å². The number of benzene rings is 2. The molecule has 3 rings (SSSR count). The topological polar surface area (TPSA) is 72.9 Å². The summed E-state index contributed by atoms with van der Waals surface area (Å²) in [4.78, 5) is 12.4. The highest BCUT2D eigenvalue weighted by Gasteiger charge is 2.27. The number of esters is 1. The number of carbonyl (C=O) groups excluding carboxylic acids is 1. The molecule has 1 fully saturated rings. The predicted octanol–water partition coefficient (Wildman–Crippen LogP) is 3.34. The lowest BCUT2D eigenvalue weighted by Gasteiger charge is -2.26. The first-order valence-corrected chi connectivity index (χ1v) is 10.3. The van der Waals surface area contributed by atoms with Crippen LogP contribution in [0.25, 0.3) is 0 Å². The predicted molar refractivity (Wildman–Crippen MR) is 100 cm³/mol. The summed E-state index contributed by atoms with van der Waals surface area (Å²) in [5, 5.41) is 0.268. The summed E-state index contributed by atoms with van der Waals surface area (Å²) in [5.41, 5.74) is 0.123. The Balaban J connectivity index is 1.83. The average Bonchev–Trinajstić information content (AvgIpc) is 2.65. The summed E-state index contributed by atoms with van der Waals surface area (Å²) in [5.74, 6) is -0.491. The smallest absolute Gasteiger partial charge is 0.343 e. The fourth-order valence-electron chi connectivity index (χ4n) is 2.44. The van der Waals surface area contributed by atoms with E-state index in [1.54, 1.807) is 18.2 Å². The molecule has 1 aliphatic rings. The molecule has 9 heteroatoms. The van der Waals surface area contributed by atoms with Gasteiger partial charge in [0.05, 0.1) is 28.7 Å². The van der Waals surface area contributed by atoms with Crippen LogP contribution in [0.5, 0.6) is 5.75 Å². The van der Waals surface area contributed by atoms with Crippen LogP contribution in [0.3, 0.4) is 0 Å². The van der Waals surface area contributed by atoms with Gasteiger partial charge in [0.2, 0.25) is 10.0 Å². The molecule has 6 nitrogen and oxygen atoms in total. The Bertz CT molecular complexity index is 929. The van der Waals surface area contributed by atoms with E-state index in [4.69, 9.17) is 21.1 Å². The molecule has 0 atom stereocenters. The molecule has 1 aliphatic heterocycles. The minimum atomic E-state index is -3.69. The Morgan fingerprint density at radius 3 is 2.58 bits per heavy atom. The Morgan fingerprint density at radius 2 is 1.88 bits per heavy atom. The van der Waals surface area contributed by atoms with Gasteiger partial charge in [0.25, 0.3) is 0 Å². The molecular formula is C17H15BrClNO5S. The molecule has 2 aromatic rings. The van der Waals surface area contributed by atoms with Crippen LogP contribution in [0.2, 0.25) is 5.02 Å². The van der Waals surface area contributed by atoms with Crippen LogP contribution >= 0.6 is 27.5 Å². The summed E-state index contributed by atoms with van der Waals surface area (Å²) in [6.07, 6.45) is 0. The van der Waals surface area contributed by atoms with Crippen molar-refractivity contribution in [3.05, 3.63) is 57.5 Å². The second-order valence-corrected chi connectivity index (χ2v) is 8.77. The Morgan fingerprint density at radius 1 is 1.15 bits per heavy atom. The molecular weight excluding hydrogens is 446 g/mol. The summed E-state index contributed by atoms with van der Waals surface area (Å²) in [7, 11) is -3.69. The number of rotatable bonds is 4. The van der Waals surface area contributed by atoms with Crippen LogP contribution in [-0.2, 0) is 14.8 Å². The van der Waals surface area contributed by atoms with Crippen molar-refractivity contribution in [1.82, 2.24) is 4.31 Å². The zero-order valence-electron chi connectivity index (χ0n) is 13.5. The number of morpholine rings is 1.